The molecule has 10 heteroatoms. The molecule has 0 aromatic carbocycles. The lowest BCUT2D eigenvalue weighted by Gasteiger charge is -2.34. The Morgan fingerprint density at radius 1 is 1.16 bits per heavy atom. The largest absolute Gasteiger partial charge is 0.348 e. The van der Waals surface area contributed by atoms with Crippen LogP contribution in [0, 0.1) is 5.82 Å². The maximum atomic E-state index is 14.3. The van der Waals surface area contributed by atoms with Crippen molar-refractivity contribution in [2.75, 3.05) is 24.5 Å². The van der Waals surface area contributed by atoms with Gasteiger partial charge in [0, 0.05) is 37.9 Å². The highest BCUT2D eigenvalue weighted by Gasteiger charge is 2.34. The third-order valence-electron chi connectivity index (χ3n) is 5.97. The number of aromatic amines is 1. The normalized spacial score (nSPS) is 18.2. The smallest absolute Gasteiger partial charge is 0.274 e. The van der Waals surface area contributed by atoms with Gasteiger partial charge in [-0.1, -0.05) is 0 Å². The highest BCUT2D eigenvalue weighted by Crippen LogP contribution is 2.35. The summed E-state index contributed by atoms with van der Waals surface area (Å²) in [4.78, 5) is 32.8. The van der Waals surface area contributed by atoms with E-state index in [4.69, 9.17) is 0 Å². The van der Waals surface area contributed by atoms with E-state index in [2.05, 4.69) is 25.0 Å². The SMILES string of the molecule is O=C(c1cnc(N2CCc3[nH]cnc3C2c2cc3c(F)cccn3n2)cn1)N1CCC1. The summed E-state index contributed by atoms with van der Waals surface area (Å²) >= 11 is 0. The number of fused-ring (bicyclic) bond motifs is 2. The van der Waals surface area contributed by atoms with Crippen molar-refractivity contribution in [2.24, 2.45) is 0 Å². The molecular weight excluding hydrogens is 399 g/mol. The molecule has 0 bridgehead atoms. The number of H-pyrrole nitrogens is 1. The molecule has 4 aromatic rings. The van der Waals surface area contributed by atoms with Crippen LogP contribution >= 0.6 is 0 Å². The van der Waals surface area contributed by atoms with Crippen molar-refractivity contribution >= 4 is 17.2 Å². The van der Waals surface area contributed by atoms with E-state index in [0.29, 0.717) is 29.3 Å². The molecule has 1 amide bonds. The fraction of sp³-hybridized carbons (Fsp3) is 0.286. The lowest BCUT2D eigenvalue weighted by molar-refractivity contribution is 0.0645. The van der Waals surface area contributed by atoms with E-state index in [1.807, 2.05) is 4.90 Å². The Morgan fingerprint density at radius 2 is 2.06 bits per heavy atom. The van der Waals surface area contributed by atoms with Crippen molar-refractivity contribution in [3.05, 3.63) is 71.7 Å². The first-order valence-electron chi connectivity index (χ1n) is 10.2. The standard InChI is InChI=1S/C21H19FN8O/c22-13-3-1-7-30-17(13)9-15(27-30)20-19-14(25-12-26-19)4-8-29(20)18-11-23-16(10-24-18)21(31)28-5-2-6-28/h1,3,7,9-12,20H,2,4-6,8H2,(H,25,26). The van der Waals surface area contributed by atoms with Crippen molar-refractivity contribution in [1.29, 1.82) is 0 Å². The number of carbonyl (C=O) groups is 1. The van der Waals surface area contributed by atoms with Crippen molar-refractivity contribution in [3.63, 3.8) is 0 Å². The summed E-state index contributed by atoms with van der Waals surface area (Å²) in [6, 6.07) is 4.43. The van der Waals surface area contributed by atoms with Crippen LogP contribution < -0.4 is 4.90 Å². The molecule has 9 nitrogen and oxygen atoms in total. The van der Waals surface area contributed by atoms with E-state index >= 15 is 0 Å². The molecule has 2 aliphatic heterocycles. The molecule has 0 saturated carbocycles. The zero-order valence-electron chi connectivity index (χ0n) is 16.6. The number of amides is 1. The highest BCUT2D eigenvalue weighted by molar-refractivity contribution is 5.92. The van der Waals surface area contributed by atoms with Crippen LogP contribution in [0.3, 0.4) is 0 Å². The molecule has 2 aliphatic rings. The first kappa shape index (κ1) is 18.0. The quantitative estimate of drug-likeness (QED) is 0.547. The summed E-state index contributed by atoms with van der Waals surface area (Å²) in [5.41, 5.74) is 3.27. The highest BCUT2D eigenvalue weighted by atomic mass is 19.1. The second kappa shape index (κ2) is 6.86. The Morgan fingerprint density at radius 3 is 2.81 bits per heavy atom. The van der Waals surface area contributed by atoms with Gasteiger partial charge in [-0.15, -0.1) is 0 Å². The molecule has 0 radical (unpaired) electrons. The number of carbonyl (C=O) groups excluding carboxylic acids is 1. The molecule has 0 spiro atoms. The number of nitrogens with zero attached hydrogens (tertiary/aromatic N) is 7. The summed E-state index contributed by atoms with van der Waals surface area (Å²) in [6.07, 6.45) is 8.31. The van der Waals surface area contributed by atoms with Gasteiger partial charge in [-0.05, 0) is 24.6 Å². The molecule has 6 rings (SSSR count). The number of aromatic nitrogens is 6. The third kappa shape index (κ3) is 2.86. The van der Waals surface area contributed by atoms with Crippen LogP contribution in [-0.4, -0.2) is 60.0 Å². The lowest BCUT2D eigenvalue weighted by atomic mass is 10.00. The van der Waals surface area contributed by atoms with E-state index in [1.54, 1.807) is 35.8 Å². The van der Waals surface area contributed by atoms with Gasteiger partial charge in [0.1, 0.15) is 28.9 Å². The monoisotopic (exact) mass is 418 g/mol. The van der Waals surface area contributed by atoms with Gasteiger partial charge < -0.3 is 14.8 Å². The van der Waals surface area contributed by atoms with Gasteiger partial charge in [0.05, 0.1) is 30.1 Å². The minimum absolute atomic E-state index is 0.0918. The minimum Gasteiger partial charge on any atom is -0.348 e. The molecule has 1 saturated heterocycles. The maximum absolute atomic E-state index is 14.3. The van der Waals surface area contributed by atoms with Crippen LogP contribution in [0.5, 0.6) is 0 Å². The average molecular weight is 418 g/mol. The number of hydrogen-bond acceptors (Lipinski definition) is 6. The number of pyridine rings is 1. The summed E-state index contributed by atoms with van der Waals surface area (Å²) in [7, 11) is 0. The number of imidazole rings is 1. The van der Waals surface area contributed by atoms with Crippen molar-refractivity contribution in [3.8, 4) is 0 Å². The van der Waals surface area contributed by atoms with Crippen LogP contribution in [0.25, 0.3) is 5.52 Å². The van der Waals surface area contributed by atoms with Crippen molar-refractivity contribution in [2.45, 2.75) is 18.9 Å². The van der Waals surface area contributed by atoms with Gasteiger partial charge in [0.25, 0.3) is 5.91 Å². The fourth-order valence-corrected chi connectivity index (χ4v) is 4.22. The van der Waals surface area contributed by atoms with Crippen molar-refractivity contribution in [1.82, 2.24) is 34.4 Å². The van der Waals surface area contributed by atoms with E-state index in [9.17, 15) is 9.18 Å². The number of hydrogen-bond donors (Lipinski definition) is 1. The fourth-order valence-electron chi connectivity index (χ4n) is 4.22. The van der Waals surface area contributed by atoms with Gasteiger partial charge in [-0.2, -0.15) is 5.10 Å². The van der Waals surface area contributed by atoms with Crippen LogP contribution in [-0.2, 0) is 6.42 Å². The van der Waals surface area contributed by atoms with Gasteiger partial charge in [0.2, 0.25) is 0 Å². The maximum Gasteiger partial charge on any atom is 0.274 e. The van der Waals surface area contributed by atoms with Gasteiger partial charge in [0.15, 0.2) is 0 Å². The molecule has 1 unspecified atom stereocenters. The molecule has 6 heterocycles. The van der Waals surface area contributed by atoms with E-state index in [0.717, 1.165) is 37.3 Å². The van der Waals surface area contributed by atoms with Crippen molar-refractivity contribution < 1.29 is 9.18 Å². The first-order chi connectivity index (χ1) is 15.2. The van der Waals surface area contributed by atoms with Gasteiger partial charge in [-0.25, -0.2) is 23.9 Å². The molecular formula is C21H19FN8O. The first-order valence-corrected chi connectivity index (χ1v) is 10.2. The number of nitrogens with one attached hydrogen (secondary N) is 1. The Hall–Kier alpha value is -3.82. The summed E-state index contributed by atoms with van der Waals surface area (Å²) in [6.45, 7) is 2.19. The van der Waals surface area contributed by atoms with Crippen LogP contribution in [0.2, 0.25) is 0 Å². The summed E-state index contributed by atoms with van der Waals surface area (Å²) < 4.78 is 15.8. The summed E-state index contributed by atoms with van der Waals surface area (Å²) in [5, 5.41) is 4.61. The number of anilines is 1. The number of rotatable bonds is 3. The molecule has 156 valence electrons. The molecule has 0 aliphatic carbocycles. The molecule has 4 aromatic heterocycles. The second-order valence-electron chi connectivity index (χ2n) is 7.77. The Kier molecular flexibility index (Phi) is 3.98. The molecule has 1 fully saturated rings. The van der Waals surface area contributed by atoms with E-state index in [1.165, 1.54) is 16.8 Å². The zero-order valence-corrected chi connectivity index (χ0v) is 16.6. The predicted molar refractivity (Wildman–Crippen MR) is 109 cm³/mol. The second-order valence-corrected chi connectivity index (χ2v) is 7.77. The molecule has 1 atom stereocenters. The minimum atomic E-state index is -0.347. The average Bonchev–Trinajstić information content (AvgIpc) is 3.39. The number of likely N-dealkylation sites (tertiary alicyclic amines) is 1. The Labute approximate surface area is 176 Å². The third-order valence-corrected chi connectivity index (χ3v) is 5.97. The van der Waals surface area contributed by atoms with Crippen LogP contribution in [0.15, 0.2) is 43.1 Å². The van der Waals surface area contributed by atoms with Crippen LogP contribution in [0.4, 0.5) is 10.2 Å². The van der Waals surface area contributed by atoms with Crippen LogP contribution in [0.1, 0.15) is 40.0 Å². The number of halogens is 1. The Bertz CT molecular complexity index is 1280. The molecule has 31 heavy (non-hydrogen) atoms. The molecule has 1 N–H and O–H groups in total. The van der Waals surface area contributed by atoms with E-state index < -0.39 is 0 Å². The predicted octanol–water partition coefficient (Wildman–Crippen LogP) is 1.98. The Balaban J connectivity index is 1.40. The zero-order chi connectivity index (χ0) is 20.9. The van der Waals surface area contributed by atoms with E-state index in [-0.39, 0.29) is 17.8 Å². The lowest BCUT2D eigenvalue weighted by Crippen LogP contribution is -2.42. The van der Waals surface area contributed by atoms with Gasteiger partial charge in [-0.3, -0.25) is 4.79 Å². The summed E-state index contributed by atoms with van der Waals surface area (Å²) in [5.74, 6) is 0.196. The van der Waals surface area contributed by atoms with Gasteiger partial charge >= 0.3 is 0 Å². The topological polar surface area (TPSA) is 95.3 Å².